The average molecular weight is 277 g/mol. The molecule has 58 valence electrons. The van der Waals surface area contributed by atoms with Gasteiger partial charge in [0.15, 0.2) is 0 Å². The van der Waals surface area contributed by atoms with E-state index >= 15 is 0 Å². The summed E-state index contributed by atoms with van der Waals surface area (Å²) in [7, 11) is 0. The van der Waals surface area contributed by atoms with Crippen LogP contribution in [0.25, 0.3) is 0 Å². The van der Waals surface area contributed by atoms with E-state index < -0.39 is 0 Å². The minimum absolute atomic E-state index is 1.07. The van der Waals surface area contributed by atoms with Gasteiger partial charge in [-0.2, -0.15) is 0 Å². The molecule has 0 bridgehead atoms. The molecule has 3 heteroatoms. The smallest absolute Gasteiger partial charge is 0.0385 e. The highest BCUT2D eigenvalue weighted by molar-refractivity contribution is 9.13. The van der Waals surface area contributed by atoms with Gasteiger partial charge >= 0.3 is 0 Å². The number of halogens is 2. The molecule has 1 aliphatic heterocycles. The molecule has 2 rings (SSSR count). The molecule has 0 aliphatic carbocycles. The summed E-state index contributed by atoms with van der Waals surface area (Å²) in [5.41, 5.74) is 2.67. The molecule has 1 aliphatic rings. The molecule has 11 heavy (non-hydrogen) atoms. The van der Waals surface area contributed by atoms with Crippen LogP contribution >= 0.6 is 31.9 Å². The van der Waals surface area contributed by atoms with Crippen molar-refractivity contribution in [3.05, 3.63) is 26.6 Å². The normalized spacial score (nSPS) is 14.4. The van der Waals surface area contributed by atoms with E-state index in [1.54, 1.807) is 0 Å². The first-order valence-electron chi connectivity index (χ1n) is 3.49. The fourth-order valence-electron chi connectivity index (χ4n) is 1.29. The molecule has 0 radical (unpaired) electrons. The minimum atomic E-state index is 1.07. The molecular formula is C8H7Br2N. The predicted molar refractivity (Wildman–Crippen MR) is 54.0 cm³/mol. The van der Waals surface area contributed by atoms with Crippen LogP contribution < -0.4 is 5.32 Å². The standard InChI is InChI=1S/C8H7Br2N/c9-6-3-5-1-2-11-8(5)4-7(6)10/h3-4,11H,1-2H2. The topological polar surface area (TPSA) is 12.0 Å². The third-order valence-electron chi connectivity index (χ3n) is 1.86. The third kappa shape index (κ3) is 1.32. The average Bonchev–Trinajstić information content (AvgIpc) is 2.36. The highest BCUT2D eigenvalue weighted by atomic mass is 79.9. The Bertz CT molecular complexity index is 267. The molecule has 0 unspecified atom stereocenters. The summed E-state index contributed by atoms with van der Waals surface area (Å²) in [4.78, 5) is 0. The lowest BCUT2D eigenvalue weighted by Gasteiger charge is -2.01. The summed E-state index contributed by atoms with van der Waals surface area (Å²) < 4.78 is 2.26. The van der Waals surface area contributed by atoms with Gasteiger partial charge in [-0.05, 0) is 56.0 Å². The van der Waals surface area contributed by atoms with Crippen LogP contribution in [0.4, 0.5) is 5.69 Å². The first kappa shape index (κ1) is 7.62. The Kier molecular flexibility index (Phi) is 1.93. The van der Waals surface area contributed by atoms with Crippen molar-refractivity contribution >= 4 is 37.5 Å². The first-order valence-corrected chi connectivity index (χ1v) is 5.08. The van der Waals surface area contributed by atoms with Crippen LogP contribution in [0.15, 0.2) is 21.1 Å². The highest BCUT2D eigenvalue weighted by Gasteiger charge is 2.11. The van der Waals surface area contributed by atoms with Crippen molar-refractivity contribution < 1.29 is 0 Å². The number of benzene rings is 1. The van der Waals surface area contributed by atoms with Crippen LogP contribution in [0.1, 0.15) is 5.56 Å². The van der Waals surface area contributed by atoms with Gasteiger partial charge in [0.1, 0.15) is 0 Å². The van der Waals surface area contributed by atoms with E-state index in [1.807, 2.05) is 0 Å². The maximum Gasteiger partial charge on any atom is 0.0385 e. The largest absolute Gasteiger partial charge is 0.384 e. The van der Waals surface area contributed by atoms with Crippen molar-refractivity contribution in [2.24, 2.45) is 0 Å². The summed E-state index contributed by atoms with van der Waals surface area (Å²) >= 11 is 6.94. The molecule has 0 spiro atoms. The van der Waals surface area contributed by atoms with Crippen LogP contribution in [0.3, 0.4) is 0 Å². The molecule has 0 amide bonds. The van der Waals surface area contributed by atoms with Gasteiger partial charge in [-0.25, -0.2) is 0 Å². The number of hydrogen-bond acceptors (Lipinski definition) is 1. The zero-order chi connectivity index (χ0) is 7.84. The van der Waals surface area contributed by atoms with Crippen molar-refractivity contribution in [1.29, 1.82) is 0 Å². The summed E-state index contributed by atoms with van der Waals surface area (Å²) in [5.74, 6) is 0. The predicted octanol–water partition coefficient (Wildman–Crippen LogP) is 3.18. The Morgan fingerprint density at radius 2 is 1.91 bits per heavy atom. The molecule has 1 N–H and O–H groups in total. The van der Waals surface area contributed by atoms with Gasteiger partial charge in [0.25, 0.3) is 0 Å². The van der Waals surface area contributed by atoms with Crippen LogP contribution in [-0.4, -0.2) is 6.54 Å². The monoisotopic (exact) mass is 275 g/mol. The first-order chi connectivity index (χ1) is 5.27. The SMILES string of the molecule is Brc1cc2c(cc1Br)NCC2. The van der Waals surface area contributed by atoms with E-state index in [0.29, 0.717) is 0 Å². The van der Waals surface area contributed by atoms with Crippen molar-refractivity contribution in [2.75, 3.05) is 11.9 Å². The maximum atomic E-state index is 3.47. The van der Waals surface area contributed by atoms with Crippen LogP contribution in [-0.2, 0) is 6.42 Å². The quantitative estimate of drug-likeness (QED) is 0.768. The van der Waals surface area contributed by atoms with Gasteiger partial charge in [0, 0.05) is 21.2 Å². The summed E-state index contributed by atoms with van der Waals surface area (Å²) in [6.07, 6.45) is 1.14. The molecule has 0 fully saturated rings. The fraction of sp³-hybridized carbons (Fsp3) is 0.250. The number of fused-ring (bicyclic) bond motifs is 1. The molecule has 1 heterocycles. The Balaban J connectivity index is 2.57. The third-order valence-corrected chi connectivity index (χ3v) is 3.70. The van der Waals surface area contributed by atoms with Crippen LogP contribution in [0.2, 0.25) is 0 Å². The van der Waals surface area contributed by atoms with Gasteiger partial charge in [-0.1, -0.05) is 0 Å². The van der Waals surface area contributed by atoms with Crippen molar-refractivity contribution in [1.82, 2.24) is 0 Å². The van der Waals surface area contributed by atoms with Crippen LogP contribution in [0.5, 0.6) is 0 Å². The lowest BCUT2D eigenvalue weighted by Crippen LogP contribution is -1.90. The van der Waals surface area contributed by atoms with Crippen molar-refractivity contribution in [2.45, 2.75) is 6.42 Å². The van der Waals surface area contributed by atoms with E-state index in [0.717, 1.165) is 21.9 Å². The molecule has 0 atom stereocenters. The Morgan fingerprint density at radius 1 is 1.18 bits per heavy atom. The number of hydrogen-bond donors (Lipinski definition) is 1. The lowest BCUT2D eigenvalue weighted by atomic mass is 10.2. The summed E-state index contributed by atoms with van der Waals surface area (Å²) in [6.45, 7) is 1.07. The maximum absolute atomic E-state index is 3.47. The molecule has 1 aromatic carbocycles. The van der Waals surface area contributed by atoms with E-state index in [2.05, 4.69) is 49.3 Å². The number of anilines is 1. The lowest BCUT2D eigenvalue weighted by molar-refractivity contribution is 1.10. The number of nitrogens with one attached hydrogen (secondary N) is 1. The van der Waals surface area contributed by atoms with Crippen molar-refractivity contribution in [3.63, 3.8) is 0 Å². The van der Waals surface area contributed by atoms with E-state index in [9.17, 15) is 0 Å². The number of rotatable bonds is 0. The molecule has 0 saturated heterocycles. The molecule has 0 saturated carbocycles. The second kappa shape index (κ2) is 2.79. The summed E-state index contributed by atoms with van der Waals surface area (Å²) in [6, 6.07) is 4.28. The molecule has 1 aromatic rings. The van der Waals surface area contributed by atoms with Crippen LogP contribution in [0, 0.1) is 0 Å². The summed E-state index contributed by atoms with van der Waals surface area (Å²) in [5, 5.41) is 3.32. The molecule has 1 nitrogen and oxygen atoms in total. The fourth-order valence-corrected chi connectivity index (χ4v) is 2.03. The van der Waals surface area contributed by atoms with E-state index in [1.165, 1.54) is 11.3 Å². The molecular weight excluding hydrogens is 270 g/mol. The van der Waals surface area contributed by atoms with Crippen molar-refractivity contribution in [3.8, 4) is 0 Å². The van der Waals surface area contributed by atoms with E-state index in [4.69, 9.17) is 0 Å². The van der Waals surface area contributed by atoms with Gasteiger partial charge in [-0.15, -0.1) is 0 Å². The van der Waals surface area contributed by atoms with E-state index in [-0.39, 0.29) is 0 Å². The van der Waals surface area contributed by atoms with Gasteiger partial charge < -0.3 is 5.32 Å². The second-order valence-electron chi connectivity index (χ2n) is 2.60. The Labute approximate surface area is 82.4 Å². The Hall–Kier alpha value is -0.0200. The second-order valence-corrected chi connectivity index (χ2v) is 4.31. The zero-order valence-electron chi connectivity index (χ0n) is 5.82. The Morgan fingerprint density at radius 3 is 2.73 bits per heavy atom. The molecule has 0 aromatic heterocycles. The van der Waals surface area contributed by atoms with Gasteiger partial charge in [-0.3, -0.25) is 0 Å². The van der Waals surface area contributed by atoms with Gasteiger partial charge in [0.2, 0.25) is 0 Å². The highest BCUT2D eigenvalue weighted by Crippen LogP contribution is 2.32. The van der Waals surface area contributed by atoms with Gasteiger partial charge in [0.05, 0.1) is 0 Å². The zero-order valence-corrected chi connectivity index (χ0v) is 9.00. The minimum Gasteiger partial charge on any atom is -0.384 e.